The van der Waals surface area contributed by atoms with E-state index in [0.717, 1.165) is 25.3 Å². The SMILES string of the molecule is CC1(C)C2CNCC2CN1c1ccc(C(F)(F)F)cc1. The molecule has 2 heterocycles. The van der Waals surface area contributed by atoms with Crippen LogP contribution in [-0.2, 0) is 6.18 Å². The van der Waals surface area contributed by atoms with Crippen LogP contribution in [0.15, 0.2) is 24.3 Å². The van der Waals surface area contributed by atoms with E-state index in [1.807, 2.05) is 0 Å². The maximum Gasteiger partial charge on any atom is 0.416 e. The van der Waals surface area contributed by atoms with Crippen LogP contribution >= 0.6 is 0 Å². The number of halogens is 3. The first-order chi connectivity index (χ1) is 9.30. The summed E-state index contributed by atoms with van der Waals surface area (Å²) < 4.78 is 37.8. The number of benzene rings is 1. The van der Waals surface area contributed by atoms with Crippen LogP contribution in [0.1, 0.15) is 19.4 Å². The Balaban J connectivity index is 1.87. The number of nitrogens with one attached hydrogen (secondary N) is 1. The molecule has 1 aromatic carbocycles. The fourth-order valence-corrected chi connectivity index (χ4v) is 3.69. The molecule has 1 N–H and O–H groups in total. The third-order valence-electron chi connectivity index (χ3n) is 4.87. The Morgan fingerprint density at radius 3 is 2.35 bits per heavy atom. The molecule has 2 aliphatic rings. The van der Waals surface area contributed by atoms with Gasteiger partial charge in [0, 0.05) is 30.9 Å². The van der Waals surface area contributed by atoms with Gasteiger partial charge in [0.2, 0.25) is 0 Å². The zero-order valence-corrected chi connectivity index (χ0v) is 11.7. The van der Waals surface area contributed by atoms with Crippen molar-refractivity contribution in [1.29, 1.82) is 0 Å². The third-order valence-corrected chi connectivity index (χ3v) is 4.87. The second kappa shape index (κ2) is 4.38. The van der Waals surface area contributed by atoms with Crippen LogP contribution in [0, 0.1) is 11.8 Å². The molecule has 20 heavy (non-hydrogen) atoms. The van der Waals surface area contributed by atoms with Gasteiger partial charge in [-0.2, -0.15) is 13.2 Å². The number of anilines is 1. The fraction of sp³-hybridized carbons (Fsp3) is 0.600. The lowest BCUT2D eigenvalue weighted by molar-refractivity contribution is -0.137. The van der Waals surface area contributed by atoms with Gasteiger partial charge >= 0.3 is 6.18 Å². The predicted molar refractivity (Wildman–Crippen MR) is 72.7 cm³/mol. The average Bonchev–Trinajstić information content (AvgIpc) is 2.91. The Bertz CT molecular complexity index is 493. The molecule has 5 heteroatoms. The summed E-state index contributed by atoms with van der Waals surface area (Å²) in [6.45, 7) is 7.28. The minimum atomic E-state index is -4.26. The lowest BCUT2D eigenvalue weighted by atomic mass is 9.84. The van der Waals surface area contributed by atoms with Crippen molar-refractivity contribution < 1.29 is 13.2 Å². The minimum Gasteiger partial charge on any atom is -0.366 e. The fourth-order valence-electron chi connectivity index (χ4n) is 3.69. The highest BCUT2D eigenvalue weighted by Crippen LogP contribution is 2.43. The second-order valence-electron chi connectivity index (χ2n) is 6.33. The lowest BCUT2D eigenvalue weighted by Crippen LogP contribution is -2.44. The standard InChI is InChI=1S/C15H19F3N2/c1-14(2)13-8-19-7-10(13)9-20(14)12-5-3-11(4-6-12)15(16,17)18/h3-6,10,13,19H,7-9H2,1-2H3. The van der Waals surface area contributed by atoms with Crippen molar-refractivity contribution in [1.82, 2.24) is 5.32 Å². The molecule has 0 aliphatic carbocycles. The molecule has 110 valence electrons. The first-order valence-corrected chi connectivity index (χ1v) is 6.96. The van der Waals surface area contributed by atoms with Crippen LogP contribution in [0.4, 0.5) is 18.9 Å². The van der Waals surface area contributed by atoms with Crippen molar-refractivity contribution in [2.75, 3.05) is 24.5 Å². The highest BCUT2D eigenvalue weighted by molar-refractivity contribution is 5.52. The van der Waals surface area contributed by atoms with E-state index in [4.69, 9.17) is 0 Å². The molecule has 2 fully saturated rings. The first-order valence-electron chi connectivity index (χ1n) is 6.96. The highest BCUT2D eigenvalue weighted by atomic mass is 19.4. The first kappa shape index (κ1) is 13.7. The summed E-state index contributed by atoms with van der Waals surface area (Å²) in [7, 11) is 0. The monoisotopic (exact) mass is 284 g/mol. The minimum absolute atomic E-state index is 0.0199. The Kier molecular flexibility index (Phi) is 3.01. The van der Waals surface area contributed by atoms with E-state index >= 15 is 0 Å². The Labute approximate surface area is 117 Å². The zero-order chi connectivity index (χ0) is 14.5. The summed E-state index contributed by atoms with van der Waals surface area (Å²) in [6, 6.07) is 5.55. The summed E-state index contributed by atoms with van der Waals surface area (Å²) >= 11 is 0. The molecule has 0 saturated carbocycles. The van der Waals surface area contributed by atoms with Crippen molar-refractivity contribution >= 4 is 5.69 Å². The summed E-state index contributed by atoms with van der Waals surface area (Å²) in [4.78, 5) is 2.25. The van der Waals surface area contributed by atoms with Gasteiger partial charge in [-0.05, 0) is 49.9 Å². The van der Waals surface area contributed by atoms with Crippen LogP contribution in [0.5, 0.6) is 0 Å². The summed E-state index contributed by atoms with van der Waals surface area (Å²) in [6.07, 6.45) is -4.26. The zero-order valence-electron chi connectivity index (χ0n) is 11.7. The summed E-state index contributed by atoms with van der Waals surface area (Å²) in [5.41, 5.74) is 0.283. The molecule has 1 aromatic rings. The number of fused-ring (bicyclic) bond motifs is 1. The average molecular weight is 284 g/mol. The number of hydrogen-bond donors (Lipinski definition) is 1. The summed E-state index contributed by atoms with van der Waals surface area (Å²) in [5.74, 6) is 1.15. The quantitative estimate of drug-likeness (QED) is 0.852. The van der Waals surface area contributed by atoms with Gasteiger partial charge in [-0.1, -0.05) is 0 Å². The normalized spacial score (nSPS) is 28.8. The molecule has 0 radical (unpaired) electrons. The van der Waals surface area contributed by atoms with Gasteiger partial charge < -0.3 is 10.2 Å². The van der Waals surface area contributed by atoms with Crippen LogP contribution in [-0.4, -0.2) is 25.2 Å². The lowest BCUT2D eigenvalue weighted by Gasteiger charge is -2.37. The smallest absolute Gasteiger partial charge is 0.366 e. The molecule has 2 nitrogen and oxygen atoms in total. The molecular formula is C15H19F3N2. The van der Waals surface area contributed by atoms with E-state index in [1.54, 1.807) is 12.1 Å². The van der Waals surface area contributed by atoms with Crippen molar-refractivity contribution in [3.05, 3.63) is 29.8 Å². The molecular weight excluding hydrogens is 265 g/mol. The van der Waals surface area contributed by atoms with Gasteiger partial charge in [-0.15, -0.1) is 0 Å². The van der Waals surface area contributed by atoms with Crippen LogP contribution < -0.4 is 10.2 Å². The largest absolute Gasteiger partial charge is 0.416 e. The second-order valence-corrected chi connectivity index (χ2v) is 6.33. The Hall–Kier alpha value is -1.23. The third kappa shape index (κ3) is 2.08. The molecule has 0 aromatic heterocycles. The van der Waals surface area contributed by atoms with Gasteiger partial charge in [0.1, 0.15) is 0 Å². The molecule has 0 spiro atoms. The van der Waals surface area contributed by atoms with Crippen molar-refractivity contribution in [3.8, 4) is 0 Å². The maximum absolute atomic E-state index is 12.6. The number of hydrogen-bond acceptors (Lipinski definition) is 2. The topological polar surface area (TPSA) is 15.3 Å². The van der Waals surface area contributed by atoms with E-state index in [0.29, 0.717) is 11.8 Å². The van der Waals surface area contributed by atoms with E-state index in [-0.39, 0.29) is 5.54 Å². The molecule has 2 unspecified atom stereocenters. The molecule has 0 amide bonds. The maximum atomic E-state index is 12.6. The number of nitrogens with zero attached hydrogens (tertiary/aromatic N) is 1. The van der Waals surface area contributed by atoms with Crippen LogP contribution in [0.2, 0.25) is 0 Å². The van der Waals surface area contributed by atoms with Gasteiger partial charge in [0.05, 0.1) is 5.56 Å². The van der Waals surface area contributed by atoms with E-state index < -0.39 is 11.7 Å². The summed E-state index contributed by atoms with van der Waals surface area (Å²) in [5, 5.41) is 3.41. The van der Waals surface area contributed by atoms with E-state index in [2.05, 4.69) is 24.1 Å². The molecule has 2 atom stereocenters. The Morgan fingerprint density at radius 2 is 1.80 bits per heavy atom. The van der Waals surface area contributed by atoms with Gasteiger partial charge in [0.15, 0.2) is 0 Å². The predicted octanol–water partition coefficient (Wildman–Crippen LogP) is 3.14. The van der Waals surface area contributed by atoms with Gasteiger partial charge in [0.25, 0.3) is 0 Å². The number of alkyl halides is 3. The van der Waals surface area contributed by atoms with Crippen LogP contribution in [0.3, 0.4) is 0 Å². The Morgan fingerprint density at radius 1 is 1.15 bits per heavy atom. The van der Waals surface area contributed by atoms with E-state index in [1.165, 1.54) is 12.1 Å². The number of rotatable bonds is 1. The highest BCUT2D eigenvalue weighted by Gasteiger charge is 2.49. The molecule has 0 bridgehead atoms. The van der Waals surface area contributed by atoms with Crippen molar-refractivity contribution in [2.24, 2.45) is 11.8 Å². The van der Waals surface area contributed by atoms with Crippen molar-refractivity contribution in [2.45, 2.75) is 25.6 Å². The molecule has 2 saturated heterocycles. The molecule has 3 rings (SSSR count). The van der Waals surface area contributed by atoms with E-state index in [9.17, 15) is 13.2 Å². The van der Waals surface area contributed by atoms with Gasteiger partial charge in [-0.3, -0.25) is 0 Å². The van der Waals surface area contributed by atoms with Gasteiger partial charge in [-0.25, -0.2) is 0 Å². The van der Waals surface area contributed by atoms with Crippen molar-refractivity contribution in [3.63, 3.8) is 0 Å². The molecule has 2 aliphatic heterocycles. The van der Waals surface area contributed by atoms with Crippen LogP contribution in [0.25, 0.3) is 0 Å².